The lowest BCUT2D eigenvalue weighted by atomic mass is 10.2. The Bertz CT molecular complexity index is 845. The summed E-state index contributed by atoms with van der Waals surface area (Å²) in [5.41, 5.74) is 1.72. The second-order valence-electron chi connectivity index (χ2n) is 5.53. The Hall–Kier alpha value is -2.66. The maximum atomic E-state index is 12.9. The van der Waals surface area contributed by atoms with Gasteiger partial charge in [0.1, 0.15) is 5.82 Å². The number of halogens is 2. The predicted octanol–water partition coefficient (Wildman–Crippen LogP) is 4.38. The third kappa shape index (κ3) is 4.90. The zero-order valence-electron chi connectivity index (χ0n) is 13.3. The van der Waals surface area contributed by atoms with Gasteiger partial charge in [-0.3, -0.25) is 4.79 Å². The van der Waals surface area contributed by atoms with Crippen LogP contribution >= 0.6 is 11.6 Å². The highest BCUT2D eigenvalue weighted by Crippen LogP contribution is 2.21. The lowest BCUT2D eigenvalue weighted by molar-refractivity contribution is -0.121. The molecule has 0 fully saturated rings. The number of carbonyl (C=O) groups excluding carboxylic acids is 1. The number of hydrogen-bond donors (Lipinski definition) is 1. The van der Waals surface area contributed by atoms with Crippen molar-refractivity contribution in [3.05, 3.63) is 77.0 Å². The average Bonchev–Trinajstić information content (AvgIpc) is 3.09. The molecule has 6 heteroatoms. The summed E-state index contributed by atoms with van der Waals surface area (Å²) in [5, 5.41) is 3.50. The molecular formula is C19H16ClFN2O2. The number of amides is 1. The van der Waals surface area contributed by atoms with Gasteiger partial charge in [-0.05, 0) is 42.0 Å². The van der Waals surface area contributed by atoms with E-state index in [2.05, 4.69) is 10.3 Å². The van der Waals surface area contributed by atoms with Gasteiger partial charge in [0.05, 0.1) is 6.20 Å². The Kier molecular flexibility index (Phi) is 5.46. The maximum Gasteiger partial charge on any atom is 0.220 e. The summed E-state index contributed by atoms with van der Waals surface area (Å²) in [6.07, 6.45) is 2.25. The zero-order chi connectivity index (χ0) is 17.6. The number of oxazole rings is 1. The molecule has 0 aliphatic rings. The molecule has 0 unspecified atom stereocenters. The predicted molar refractivity (Wildman–Crippen MR) is 93.5 cm³/mol. The third-order valence-electron chi connectivity index (χ3n) is 3.65. The topological polar surface area (TPSA) is 55.1 Å². The normalized spacial score (nSPS) is 10.6. The van der Waals surface area contributed by atoms with Crippen LogP contribution in [0.15, 0.2) is 59.1 Å². The Morgan fingerprint density at radius 3 is 2.56 bits per heavy atom. The molecule has 0 spiro atoms. The zero-order valence-corrected chi connectivity index (χ0v) is 14.1. The van der Waals surface area contributed by atoms with Gasteiger partial charge in [-0.1, -0.05) is 23.7 Å². The van der Waals surface area contributed by atoms with E-state index in [1.807, 2.05) is 12.1 Å². The summed E-state index contributed by atoms with van der Waals surface area (Å²) in [7, 11) is 0. The standard InChI is InChI=1S/C19H16ClFN2O2/c20-15-5-1-13(2-6-15)11-22-18(24)9-10-19-23-12-17(25-19)14-3-7-16(21)8-4-14/h1-8,12H,9-11H2,(H,22,24). The lowest BCUT2D eigenvalue weighted by Gasteiger charge is -2.04. The van der Waals surface area contributed by atoms with Crippen LogP contribution in [-0.2, 0) is 17.8 Å². The minimum absolute atomic E-state index is 0.0866. The van der Waals surface area contributed by atoms with Crippen LogP contribution < -0.4 is 5.32 Å². The molecule has 3 aromatic rings. The first-order valence-electron chi connectivity index (χ1n) is 7.82. The van der Waals surface area contributed by atoms with E-state index in [1.165, 1.54) is 12.1 Å². The molecule has 25 heavy (non-hydrogen) atoms. The molecule has 1 N–H and O–H groups in total. The van der Waals surface area contributed by atoms with Gasteiger partial charge in [0, 0.05) is 30.0 Å². The largest absolute Gasteiger partial charge is 0.441 e. The van der Waals surface area contributed by atoms with Crippen molar-refractivity contribution in [1.82, 2.24) is 10.3 Å². The molecule has 0 aliphatic carbocycles. The van der Waals surface area contributed by atoms with Crippen molar-refractivity contribution >= 4 is 17.5 Å². The Morgan fingerprint density at radius 1 is 1.12 bits per heavy atom. The number of carbonyl (C=O) groups is 1. The van der Waals surface area contributed by atoms with Crippen molar-refractivity contribution in [3.63, 3.8) is 0 Å². The van der Waals surface area contributed by atoms with Gasteiger partial charge in [-0.2, -0.15) is 0 Å². The molecule has 0 atom stereocenters. The molecule has 0 aliphatic heterocycles. The van der Waals surface area contributed by atoms with E-state index in [1.54, 1.807) is 30.5 Å². The highest BCUT2D eigenvalue weighted by atomic mass is 35.5. The van der Waals surface area contributed by atoms with E-state index in [9.17, 15) is 9.18 Å². The molecule has 1 heterocycles. The number of nitrogens with zero attached hydrogens (tertiary/aromatic N) is 1. The van der Waals surface area contributed by atoms with Crippen molar-refractivity contribution in [2.75, 3.05) is 0 Å². The van der Waals surface area contributed by atoms with E-state index in [0.717, 1.165) is 11.1 Å². The average molecular weight is 359 g/mol. The van der Waals surface area contributed by atoms with Gasteiger partial charge >= 0.3 is 0 Å². The highest BCUT2D eigenvalue weighted by Gasteiger charge is 2.09. The number of aryl methyl sites for hydroxylation is 1. The quantitative estimate of drug-likeness (QED) is 0.711. The molecule has 0 saturated heterocycles. The number of rotatable bonds is 6. The second kappa shape index (κ2) is 7.94. The molecule has 0 bridgehead atoms. The van der Waals surface area contributed by atoms with E-state index in [4.69, 9.17) is 16.0 Å². The molecule has 4 nitrogen and oxygen atoms in total. The summed E-state index contributed by atoms with van der Waals surface area (Å²) in [4.78, 5) is 16.1. The number of aromatic nitrogens is 1. The molecule has 1 aromatic heterocycles. The van der Waals surface area contributed by atoms with Crippen LogP contribution in [0.3, 0.4) is 0 Å². The van der Waals surface area contributed by atoms with E-state index >= 15 is 0 Å². The first-order valence-corrected chi connectivity index (χ1v) is 8.20. The van der Waals surface area contributed by atoms with Crippen molar-refractivity contribution in [1.29, 1.82) is 0 Å². The summed E-state index contributed by atoms with van der Waals surface area (Å²) in [6, 6.07) is 13.3. The second-order valence-corrected chi connectivity index (χ2v) is 5.96. The van der Waals surface area contributed by atoms with Crippen LogP contribution in [0.5, 0.6) is 0 Å². The Morgan fingerprint density at radius 2 is 1.84 bits per heavy atom. The first kappa shape index (κ1) is 17.2. The molecule has 3 rings (SSSR count). The van der Waals surface area contributed by atoms with E-state index < -0.39 is 0 Å². The van der Waals surface area contributed by atoms with Crippen molar-refractivity contribution in [2.24, 2.45) is 0 Å². The molecular weight excluding hydrogens is 343 g/mol. The van der Waals surface area contributed by atoms with Crippen LogP contribution in [0.4, 0.5) is 4.39 Å². The summed E-state index contributed by atoms with van der Waals surface area (Å²) in [5.74, 6) is 0.634. The van der Waals surface area contributed by atoms with Gasteiger partial charge in [-0.25, -0.2) is 9.37 Å². The van der Waals surface area contributed by atoms with E-state index in [0.29, 0.717) is 29.6 Å². The summed E-state index contributed by atoms with van der Waals surface area (Å²) in [6.45, 7) is 0.447. The smallest absolute Gasteiger partial charge is 0.220 e. The van der Waals surface area contributed by atoms with Crippen LogP contribution in [0.2, 0.25) is 5.02 Å². The van der Waals surface area contributed by atoms with Crippen LogP contribution in [0.25, 0.3) is 11.3 Å². The number of nitrogens with one attached hydrogen (secondary N) is 1. The fourth-order valence-electron chi connectivity index (χ4n) is 2.29. The molecule has 2 aromatic carbocycles. The monoisotopic (exact) mass is 358 g/mol. The van der Waals surface area contributed by atoms with Gasteiger partial charge in [-0.15, -0.1) is 0 Å². The molecule has 0 saturated carbocycles. The summed E-state index contributed by atoms with van der Waals surface area (Å²) < 4.78 is 18.5. The number of hydrogen-bond acceptors (Lipinski definition) is 3. The van der Waals surface area contributed by atoms with Gasteiger partial charge < -0.3 is 9.73 Å². The molecule has 128 valence electrons. The minimum Gasteiger partial charge on any atom is -0.441 e. The lowest BCUT2D eigenvalue weighted by Crippen LogP contribution is -2.22. The SMILES string of the molecule is O=C(CCc1ncc(-c2ccc(F)cc2)o1)NCc1ccc(Cl)cc1. The minimum atomic E-state index is -0.305. The van der Waals surface area contributed by atoms with E-state index in [-0.39, 0.29) is 18.1 Å². The van der Waals surface area contributed by atoms with Crippen LogP contribution in [-0.4, -0.2) is 10.9 Å². The first-order chi connectivity index (χ1) is 12.1. The third-order valence-corrected chi connectivity index (χ3v) is 3.90. The fraction of sp³-hybridized carbons (Fsp3) is 0.158. The van der Waals surface area contributed by atoms with Crippen molar-refractivity contribution in [3.8, 4) is 11.3 Å². The summed E-state index contributed by atoms with van der Waals surface area (Å²) >= 11 is 5.82. The van der Waals surface area contributed by atoms with Gasteiger partial charge in [0.2, 0.25) is 5.91 Å². The van der Waals surface area contributed by atoms with Crippen LogP contribution in [0.1, 0.15) is 17.9 Å². The molecule has 0 radical (unpaired) electrons. The van der Waals surface area contributed by atoms with Gasteiger partial charge in [0.15, 0.2) is 11.7 Å². The van der Waals surface area contributed by atoms with Crippen molar-refractivity contribution in [2.45, 2.75) is 19.4 Å². The molecule has 1 amide bonds. The Labute approximate surface area is 149 Å². The van der Waals surface area contributed by atoms with Crippen LogP contribution in [0, 0.1) is 5.82 Å². The maximum absolute atomic E-state index is 12.9. The highest BCUT2D eigenvalue weighted by molar-refractivity contribution is 6.30. The fourth-order valence-corrected chi connectivity index (χ4v) is 2.41. The number of benzene rings is 2. The van der Waals surface area contributed by atoms with Crippen molar-refractivity contribution < 1.29 is 13.6 Å². The van der Waals surface area contributed by atoms with Gasteiger partial charge in [0.25, 0.3) is 0 Å². The Balaban J connectivity index is 1.49.